The molecule has 3 nitrogen and oxygen atoms in total. The molecule has 0 spiro atoms. The Hall–Kier alpha value is -1.68. The van der Waals surface area contributed by atoms with Crippen molar-refractivity contribution in [2.75, 3.05) is 6.61 Å². The first-order chi connectivity index (χ1) is 9.54. The van der Waals surface area contributed by atoms with Crippen molar-refractivity contribution in [3.8, 4) is 0 Å². The molecule has 20 heavy (non-hydrogen) atoms. The van der Waals surface area contributed by atoms with Crippen LogP contribution in [0.4, 0.5) is 4.39 Å². The first-order valence-electron chi connectivity index (χ1n) is 6.86. The summed E-state index contributed by atoms with van der Waals surface area (Å²) in [5.74, 6) is -0.157. The summed E-state index contributed by atoms with van der Waals surface area (Å²) in [4.78, 5) is 11.8. The third-order valence-corrected chi connectivity index (χ3v) is 3.10. The Labute approximate surface area is 119 Å². The van der Waals surface area contributed by atoms with Crippen LogP contribution in [-0.4, -0.2) is 23.7 Å². The number of aliphatic hydroxyl groups excluding tert-OH is 1. The Morgan fingerprint density at radius 1 is 1.40 bits per heavy atom. The zero-order valence-corrected chi connectivity index (χ0v) is 12.0. The number of hydrogen-bond acceptors (Lipinski definition) is 2. The van der Waals surface area contributed by atoms with Gasteiger partial charge in [-0.3, -0.25) is 4.79 Å². The van der Waals surface area contributed by atoms with Crippen LogP contribution < -0.4 is 5.32 Å². The number of aliphatic hydroxyl groups is 1. The summed E-state index contributed by atoms with van der Waals surface area (Å²) in [6.45, 7) is 4.04. The van der Waals surface area contributed by atoms with E-state index < -0.39 is 0 Å². The van der Waals surface area contributed by atoms with Gasteiger partial charge in [-0.2, -0.15) is 0 Å². The van der Waals surface area contributed by atoms with Crippen LogP contribution in [0.2, 0.25) is 0 Å². The summed E-state index contributed by atoms with van der Waals surface area (Å²) in [6, 6.07) is 6.39. The van der Waals surface area contributed by atoms with E-state index in [0.29, 0.717) is 12.0 Å². The summed E-state index contributed by atoms with van der Waals surface area (Å²) < 4.78 is 13.4. The van der Waals surface area contributed by atoms with Crippen molar-refractivity contribution < 1.29 is 14.3 Å². The van der Waals surface area contributed by atoms with Gasteiger partial charge >= 0.3 is 0 Å². The molecule has 2 N–H and O–H groups in total. The van der Waals surface area contributed by atoms with E-state index in [-0.39, 0.29) is 36.7 Å². The number of rotatable bonds is 7. The Balaban J connectivity index is 2.49. The van der Waals surface area contributed by atoms with Gasteiger partial charge in [0.25, 0.3) is 0 Å². The second-order valence-corrected chi connectivity index (χ2v) is 5.06. The maximum Gasteiger partial charge on any atom is 0.224 e. The van der Waals surface area contributed by atoms with Crippen molar-refractivity contribution in [1.29, 1.82) is 0 Å². The van der Waals surface area contributed by atoms with Crippen molar-refractivity contribution >= 4 is 12.0 Å². The van der Waals surface area contributed by atoms with Gasteiger partial charge < -0.3 is 10.4 Å². The summed E-state index contributed by atoms with van der Waals surface area (Å²) in [5, 5.41) is 11.8. The van der Waals surface area contributed by atoms with Crippen LogP contribution in [0.3, 0.4) is 0 Å². The number of carbonyl (C=O) groups is 1. The van der Waals surface area contributed by atoms with Crippen LogP contribution >= 0.6 is 0 Å². The zero-order chi connectivity index (χ0) is 15.0. The molecule has 1 aromatic carbocycles. The van der Waals surface area contributed by atoms with Gasteiger partial charge in [0.1, 0.15) is 5.82 Å². The number of hydrogen-bond donors (Lipinski definition) is 2. The number of nitrogens with one attached hydrogen (secondary N) is 1. The summed E-state index contributed by atoms with van der Waals surface area (Å²) in [7, 11) is 0. The monoisotopic (exact) mass is 279 g/mol. The van der Waals surface area contributed by atoms with Crippen molar-refractivity contribution in [3.05, 3.63) is 41.7 Å². The van der Waals surface area contributed by atoms with Crippen molar-refractivity contribution in [2.24, 2.45) is 5.92 Å². The van der Waals surface area contributed by atoms with E-state index >= 15 is 0 Å². The quantitative estimate of drug-likeness (QED) is 0.806. The van der Waals surface area contributed by atoms with E-state index in [4.69, 9.17) is 5.11 Å². The Bertz CT molecular complexity index is 458. The maximum absolute atomic E-state index is 13.4. The van der Waals surface area contributed by atoms with Gasteiger partial charge in [0, 0.05) is 24.6 Å². The smallest absolute Gasteiger partial charge is 0.224 e. The third kappa shape index (κ3) is 5.53. The topological polar surface area (TPSA) is 49.3 Å². The minimum Gasteiger partial charge on any atom is -0.396 e. The number of benzene rings is 1. The fraction of sp³-hybridized carbons (Fsp3) is 0.438. The predicted molar refractivity (Wildman–Crippen MR) is 78.5 cm³/mol. The van der Waals surface area contributed by atoms with Crippen LogP contribution in [0.1, 0.15) is 32.3 Å². The number of amides is 1. The normalized spacial score (nSPS) is 12.8. The zero-order valence-electron chi connectivity index (χ0n) is 12.0. The highest BCUT2D eigenvalue weighted by Crippen LogP contribution is 2.09. The van der Waals surface area contributed by atoms with E-state index in [9.17, 15) is 9.18 Å². The second-order valence-electron chi connectivity index (χ2n) is 5.06. The van der Waals surface area contributed by atoms with Gasteiger partial charge in [-0.25, -0.2) is 4.39 Å². The van der Waals surface area contributed by atoms with Crippen LogP contribution in [0.5, 0.6) is 0 Å². The molecule has 0 heterocycles. The highest BCUT2D eigenvalue weighted by molar-refractivity contribution is 5.78. The van der Waals surface area contributed by atoms with Gasteiger partial charge in [0.15, 0.2) is 0 Å². The van der Waals surface area contributed by atoms with E-state index in [0.717, 1.165) is 0 Å². The largest absolute Gasteiger partial charge is 0.396 e. The van der Waals surface area contributed by atoms with Gasteiger partial charge in [-0.05, 0) is 18.4 Å². The number of halogens is 1. The van der Waals surface area contributed by atoms with E-state index in [1.54, 1.807) is 30.4 Å². The highest BCUT2D eigenvalue weighted by Gasteiger charge is 2.14. The molecule has 110 valence electrons. The molecule has 0 saturated heterocycles. The lowest BCUT2D eigenvalue weighted by molar-refractivity contribution is -0.121. The van der Waals surface area contributed by atoms with Crippen molar-refractivity contribution in [3.63, 3.8) is 0 Å². The van der Waals surface area contributed by atoms with Crippen LogP contribution in [0, 0.1) is 11.7 Å². The molecule has 1 rings (SSSR count). The van der Waals surface area contributed by atoms with E-state index in [1.807, 2.05) is 13.8 Å². The summed E-state index contributed by atoms with van der Waals surface area (Å²) >= 11 is 0. The second kappa shape index (κ2) is 8.48. The van der Waals surface area contributed by atoms with Crippen molar-refractivity contribution in [2.45, 2.75) is 32.7 Å². The molecular formula is C16H22FNO2. The van der Waals surface area contributed by atoms with Gasteiger partial charge in [-0.15, -0.1) is 0 Å². The lowest BCUT2D eigenvalue weighted by Gasteiger charge is -2.21. The third-order valence-electron chi connectivity index (χ3n) is 3.10. The van der Waals surface area contributed by atoms with Gasteiger partial charge in [0.05, 0.1) is 0 Å². The molecule has 0 aromatic heterocycles. The molecule has 4 heteroatoms. The molecule has 1 amide bonds. The molecular weight excluding hydrogens is 257 g/mol. The molecule has 0 aliphatic rings. The maximum atomic E-state index is 13.4. The van der Waals surface area contributed by atoms with Crippen LogP contribution in [-0.2, 0) is 4.79 Å². The lowest BCUT2D eigenvalue weighted by atomic mass is 10.0. The number of carbonyl (C=O) groups excluding carboxylic acids is 1. The average molecular weight is 279 g/mol. The SMILES string of the molecule is CC(C)C(CCO)NC(=O)C/C=C/c1ccccc1F. The molecule has 0 radical (unpaired) electrons. The van der Waals surface area contributed by atoms with Gasteiger partial charge in [0.2, 0.25) is 5.91 Å². The fourth-order valence-corrected chi connectivity index (χ4v) is 1.88. The average Bonchev–Trinajstić information content (AvgIpc) is 2.40. The Morgan fingerprint density at radius 3 is 2.70 bits per heavy atom. The molecule has 0 bridgehead atoms. The van der Waals surface area contributed by atoms with Crippen LogP contribution in [0.25, 0.3) is 6.08 Å². The molecule has 0 saturated carbocycles. The van der Waals surface area contributed by atoms with Gasteiger partial charge in [-0.1, -0.05) is 44.2 Å². The molecule has 0 aliphatic carbocycles. The first kappa shape index (κ1) is 16.4. The lowest BCUT2D eigenvalue weighted by Crippen LogP contribution is -2.38. The highest BCUT2D eigenvalue weighted by atomic mass is 19.1. The Morgan fingerprint density at radius 2 is 2.10 bits per heavy atom. The van der Waals surface area contributed by atoms with E-state index in [1.165, 1.54) is 6.07 Å². The summed E-state index contributed by atoms with van der Waals surface area (Å²) in [5.41, 5.74) is 0.469. The molecule has 1 unspecified atom stereocenters. The molecule has 1 aromatic rings. The summed E-state index contributed by atoms with van der Waals surface area (Å²) in [6.07, 6.45) is 3.98. The predicted octanol–water partition coefficient (Wildman–Crippen LogP) is 2.75. The fourth-order valence-electron chi connectivity index (χ4n) is 1.88. The minimum absolute atomic E-state index is 0.0330. The van der Waals surface area contributed by atoms with E-state index in [2.05, 4.69) is 5.32 Å². The first-order valence-corrected chi connectivity index (χ1v) is 6.86. The minimum atomic E-state index is -0.301. The van der Waals surface area contributed by atoms with Crippen LogP contribution in [0.15, 0.2) is 30.3 Å². The Kier molecular flexibility index (Phi) is 6.94. The standard InChI is InChI=1S/C16H22FNO2/c1-12(2)15(10-11-19)18-16(20)9-5-7-13-6-3-4-8-14(13)17/h3-8,12,15,19H,9-11H2,1-2H3,(H,18,20)/b7-5+. The molecule has 0 aliphatic heterocycles. The van der Waals surface area contributed by atoms with Crippen molar-refractivity contribution in [1.82, 2.24) is 5.32 Å². The molecule has 0 fully saturated rings. The molecule has 1 atom stereocenters.